The fraction of sp³-hybridized carbons (Fsp3) is 0.0870. The zero-order chi connectivity index (χ0) is 22.8. The Hall–Kier alpha value is -4.53. The van der Waals surface area contributed by atoms with Crippen molar-refractivity contribution >= 4 is 34.8 Å². The van der Waals surface area contributed by atoms with E-state index in [1.807, 2.05) is 0 Å². The van der Waals surface area contributed by atoms with Gasteiger partial charge in [0.1, 0.15) is 0 Å². The van der Waals surface area contributed by atoms with Gasteiger partial charge in [-0.15, -0.1) is 0 Å². The van der Waals surface area contributed by atoms with Crippen LogP contribution in [-0.2, 0) is 4.79 Å². The first-order valence-corrected chi connectivity index (χ1v) is 9.61. The van der Waals surface area contributed by atoms with Gasteiger partial charge in [-0.3, -0.25) is 24.5 Å². The van der Waals surface area contributed by atoms with Crippen molar-refractivity contribution in [3.63, 3.8) is 0 Å². The quantitative estimate of drug-likeness (QED) is 0.361. The lowest BCUT2D eigenvalue weighted by Crippen LogP contribution is -2.29. The van der Waals surface area contributed by atoms with Gasteiger partial charge in [0.05, 0.1) is 21.7 Å². The maximum Gasteiger partial charge on any atom is 0.311 e. The molecule has 0 radical (unpaired) electrons. The van der Waals surface area contributed by atoms with Crippen LogP contribution in [0.3, 0.4) is 0 Å². The Kier molecular flexibility index (Phi) is 5.38. The van der Waals surface area contributed by atoms with E-state index in [2.05, 4.69) is 5.32 Å². The molecule has 3 aromatic carbocycles. The molecule has 4 rings (SSSR count). The average Bonchev–Trinajstić information content (AvgIpc) is 3.03. The van der Waals surface area contributed by atoms with Crippen molar-refractivity contribution in [2.24, 2.45) is 0 Å². The molecule has 0 saturated carbocycles. The molecule has 0 bridgehead atoms. The van der Waals surface area contributed by atoms with Crippen LogP contribution in [-0.4, -0.2) is 29.3 Å². The van der Waals surface area contributed by atoms with Crippen LogP contribution in [0.15, 0.2) is 66.7 Å². The van der Waals surface area contributed by atoms with Gasteiger partial charge >= 0.3 is 5.69 Å². The summed E-state index contributed by atoms with van der Waals surface area (Å²) in [6.45, 7) is 1.24. The molecule has 3 aromatic rings. The SMILES string of the molecule is Cc1ccc(OCC(=O)Nc2ccc3c(c2)C(=O)N(c2ccccc2)C3=O)c([N+](=O)[O-])c1. The van der Waals surface area contributed by atoms with Gasteiger partial charge in [-0.1, -0.05) is 24.3 Å². The number of rotatable bonds is 6. The molecule has 1 N–H and O–H groups in total. The molecule has 160 valence electrons. The Labute approximate surface area is 182 Å². The number of benzene rings is 3. The van der Waals surface area contributed by atoms with E-state index in [-0.39, 0.29) is 22.6 Å². The molecule has 0 saturated heterocycles. The molecule has 0 unspecified atom stereocenters. The van der Waals surface area contributed by atoms with Crippen LogP contribution >= 0.6 is 0 Å². The average molecular weight is 431 g/mol. The number of anilines is 2. The highest BCUT2D eigenvalue weighted by Crippen LogP contribution is 2.30. The summed E-state index contributed by atoms with van der Waals surface area (Å²) in [5.41, 5.74) is 1.62. The van der Waals surface area contributed by atoms with Crippen LogP contribution in [0.4, 0.5) is 17.1 Å². The maximum absolute atomic E-state index is 12.8. The van der Waals surface area contributed by atoms with Crippen molar-refractivity contribution < 1.29 is 24.0 Å². The van der Waals surface area contributed by atoms with E-state index in [4.69, 9.17) is 4.74 Å². The number of hydrogen-bond acceptors (Lipinski definition) is 6. The molecule has 0 fully saturated rings. The summed E-state index contributed by atoms with van der Waals surface area (Å²) >= 11 is 0. The van der Waals surface area contributed by atoms with Gasteiger partial charge < -0.3 is 10.1 Å². The van der Waals surface area contributed by atoms with Gasteiger partial charge in [0, 0.05) is 11.8 Å². The summed E-state index contributed by atoms with van der Waals surface area (Å²) in [6, 6.07) is 17.4. The summed E-state index contributed by atoms with van der Waals surface area (Å²) in [5.74, 6) is -1.52. The van der Waals surface area contributed by atoms with Gasteiger partial charge in [-0.2, -0.15) is 0 Å². The Morgan fingerprint density at radius 3 is 2.44 bits per heavy atom. The van der Waals surface area contributed by atoms with Crippen molar-refractivity contribution in [2.75, 3.05) is 16.8 Å². The summed E-state index contributed by atoms with van der Waals surface area (Å²) < 4.78 is 5.31. The Balaban J connectivity index is 1.47. The third kappa shape index (κ3) is 3.91. The topological polar surface area (TPSA) is 119 Å². The predicted octanol–water partition coefficient (Wildman–Crippen LogP) is 3.72. The van der Waals surface area contributed by atoms with E-state index >= 15 is 0 Å². The van der Waals surface area contributed by atoms with E-state index in [9.17, 15) is 24.5 Å². The van der Waals surface area contributed by atoms with E-state index in [0.717, 1.165) is 4.90 Å². The van der Waals surface area contributed by atoms with E-state index in [1.54, 1.807) is 43.3 Å². The molecular formula is C23H17N3O6. The minimum absolute atomic E-state index is 0.0241. The Morgan fingerprint density at radius 2 is 1.72 bits per heavy atom. The summed E-state index contributed by atoms with van der Waals surface area (Å²) in [6.07, 6.45) is 0. The van der Waals surface area contributed by atoms with Gasteiger partial charge in [0.25, 0.3) is 17.7 Å². The lowest BCUT2D eigenvalue weighted by molar-refractivity contribution is -0.385. The monoisotopic (exact) mass is 431 g/mol. The van der Waals surface area contributed by atoms with E-state index in [0.29, 0.717) is 16.9 Å². The Morgan fingerprint density at radius 1 is 1.00 bits per heavy atom. The number of hydrogen-bond donors (Lipinski definition) is 1. The number of nitrogens with one attached hydrogen (secondary N) is 1. The van der Waals surface area contributed by atoms with Gasteiger partial charge in [0.2, 0.25) is 0 Å². The number of carbonyl (C=O) groups excluding carboxylic acids is 3. The minimum Gasteiger partial charge on any atom is -0.477 e. The second kappa shape index (κ2) is 8.31. The van der Waals surface area contributed by atoms with Crippen molar-refractivity contribution in [1.29, 1.82) is 0 Å². The molecule has 0 aliphatic carbocycles. The Bertz CT molecular complexity index is 1260. The highest BCUT2D eigenvalue weighted by Gasteiger charge is 2.36. The normalized spacial score (nSPS) is 12.5. The van der Waals surface area contributed by atoms with Crippen molar-refractivity contribution in [2.45, 2.75) is 6.92 Å². The largest absolute Gasteiger partial charge is 0.477 e. The molecule has 32 heavy (non-hydrogen) atoms. The number of nitrogens with zero attached hydrogens (tertiary/aromatic N) is 2. The smallest absolute Gasteiger partial charge is 0.311 e. The molecule has 0 spiro atoms. The number of para-hydroxylation sites is 1. The van der Waals surface area contributed by atoms with Crippen LogP contribution in [0.5, 0.6) is 5.75 Å². The second-order valence-corrected chi connectivity index (χ2v) is 7.11. The summed E-state index contributed by atoms with van der Waals surface area (Å²) in [5, 5.41) is 13.7. The molecule has 0 atom stereocenters. The first kappa shape index (κ1) is 20.7. The van der Waals surface area contributed by atoms with Crippen molar-refractivity contribution in [1.82, 2.24) is 0 Å². The van der Waals surface area contributed by atoms with Gasteiger partial charge in [-0.25, -0.2) is 4.90 Å². The minimum atomic E-state index is -0.582. The van der Waals surface area contributed by atoms with Crippen LogP contribution in [0.2, 0.25) is 0 Å². The van der Waals surface area contributed by atoms with Crippen LogP contribution in [0.25, 0.3) is 0 Å². The summed E-state index contributed by atoms with van der Waals surface area (Å²) in [4.78, 5) is 49.4. The molecule has 3 amide bonds. The lowest BCUT2D eigenvalue weighted by Gasteiger charge is -2.13. The molecule has 1 aliphatic heterocycles. The highest BCUT2D eigenvalue weighted by atomic mass is 16.6. The molecule has 1 aliphatic rings. The standard InChI is InChI=1S/C23H17N3O6/c1-14-7-10-20(19(11-14)26(30)31)32-13-21(27)24-15-8-9-17-18(12-15)23(29)25(22(17)28)16-5-3-2-4-6-16/h2-12H,13H2,1H3,(H,24,27). The zero-order valence-corrected chi connectivity index (χ0v) is 16.9. The van der Waals surface area contributed by atoms with E-state index < -0.39 is 29.3 Å². The number of nitro benzene ring substituents is 1. The van der Waals surface area contributed by atoms with Crippen molar-refractivity contribution in [3.05, 3.63) is 93.5 Å². The van der Waals surface area contributed by atoms with Crippen LogP contribution in [0, 0.1) is 17.0 Å². The number of fused-ring (bicyclic) bond motifs is 1. The second-order valence-electron chi connectivity index (χ2n) is 7.11. The van der Waals surface area contributed by atoms with E-state index in [1.165, 1.54) is 30.3 Å². The number of ether oxygens (including phenoxy) is 1. The van der Waals surface area contributed by atoms with Crippen molar-refractivity contribution in [3.8, 4) is 5.75 Å². The molecule has 9 nitrogen and oxygen atoms in total. The zero-order valence-electron chi connectivity index (χ0n) is 16.9. The fourth-order valence-corrected chi connectivity index (χ4v) is 3.36. The van der Waals surface area contributed by atoms with Gasteiger partial charge in [-0.05, 0) is 48.9 Å². The number of amides is 3. The fourth-order valence-electron chi connectivity index (χ4n) is 3.36. The van der Waals surface area contributed by atoms with Gasteiger partial charge in [0.15, 0.2) is 12.4 Å². The van der Waals surface area contributed by atoms with Crippen LogP contribution in [0.1, 0.15) is 26.3 Å². The number of aryl methyl sites for hydroxylation is 1. The summed E-state index contributed by atoms with van der Waals surface area (Å²) in [7, 11) is 0. The molecule has 1 heterocycles. The molecule has 0 aromatic heterocycles. The third-order valence-electron chi connectivity index (χ3n) is 4.85. The first-order valence-electron chi connectivity index (χ1n) is 9.61. The lowest BCUT2D eigenvalue weighted by atomic mass is 10.1. The number of imide groups is 1. The maximum atomic E-state index is 12.8. The first-order chi connectivity index (χ1) is 15.3. The number of nitro groups is 1. The number of carbonyl (C=O) groups is 3. The molecule has 9 heteroatoms. The third-order valence-corrected chi connectivity index (χ3v) is 4.85. The van der Waals surface area contributed by atoms with Crippen LogP contribution < -0.4 is 15.0 Å². The molecular weight excluding hydrogens is 414 g/mol. The highest BCUT2D eigenvalue weighted by molar-refractivity contribution is 6.34. The predicted molar refractivity (Wildman–Crippen MR) is 116 cm³/mol.